The fourth-order valence-corrected chi connectivity index (χ4v) is 2.36. The van der Waals surface area contributed by atoms with Gasteiger partial charge in [-0.25, -0.2) is 0 Å². The molecule has 26 heavy (non-hydrogen) atoms. The number of nitrogens with one attached hydrogen (secondary N) is 2. The van der Waals surface area contributed by atoms with Crippen LogP contribution in [-0.4, -0.2) is 27.2 Å². The van der Waals surface area contributed by atoms with Gasteiger partial charge in [0.25, 0.3) is 0 Å². The fraction of sp³-hybridized carbons (Fsp3) is 0.158. The van der Waals surface area contributed by atoms with Crippen molar-refractivity contribution in [3.05, 3.63) is 60.6 Å². The monoisotopic (exact) mass is 346 g/mol. The predicted octanol–water partition coefficient (Wildman–Crippen LogP) is 3.63. The molecule has 0 bridgehead atoms. The molecule has 1 aromatic heterocycles. The van der Waals surface area contributed by atoms with Crippen LogP contribution in [0.5, 0.6) is 5.75 Å². The normalized spacial score (nSPS) is 11.0. The summed E-state index contributed by atoms with van der Waals surface area (Å²) >= 11 is 0. The Morgan fingerprint density at radius 1 is 1.23 bits per heavy atom. The highest BCUT2D eigenvalue weighted by atomic mass is 16.5. The lowest BCUT2D eigenvalue weighted by Crippen LogP contribution is -2.00. The van der Waals surface area contributed by atoms with Crippen molar-refractivity contribution in [3.8, 4) is 22.9 Å². The van der Waals surface area contributed by atoms with Crippen LogP contribution in [0.15, 0.2) is 54.7 Å². The summed E-state index contributed by atoms with van der Waals surface area (Å²) in [6.45, 7) is 2.66. The van der Waals surface area contributed by atoms with Gasteiger partial charge < -0.3 is 10.1 Å². The van der Waals surface area contributed by atoms with E-state index in [1.54, 1.807) is 6.20 Å². The quantitative estimate of drug-likeness (QED) is 0.634. The number of aromatic nitrogens is 4. The zero-order valence-electron chi connectivity index (χ0n) is 14.3. The summed E-state index contributed by atoms with van der Waals surface area (Å²) < 4.78 is 5.81. The number of tetrazole rings is 1. The van der Waals surface area contributed by atoms with E-state index in [0.717, 1.165) is 23.2 Å². The number of H-pyrrole nitrogens is 1. The molecule has 0 aliphatic rings. The van der Waals surface area contributed by atoms with Crippen LogP contribution in [0.2, 0.25) is 0 Å². The first-order valence-corrected chi connectivity index (χ1v) is 8.24. The summed E-state index contributed by atoms with van der Waals surface area (Å²) in [6.07, 6.45) is 2.45. The second kappa shape index (κ2) is 8.44. The molecule has 7 nitrogen and oxygen atoms in total. The summed E-state index contributed by atoms with van der Waals surface area (Å²) in [7, 11) is 0. The molecule has 3 aromatic rings. The maximum absolute atomic E-state index is 9.31. The Kier molecular flexibility index (Phi) is 5.58. The molecule has 0 aliphatic carbocycles. The van der Waals surface area contributed by atoms with E-state index in [2.05, 4.69) is 38.9 Å². The standard InChI is InChI=1S/C19H18N6O/c1-2-10-26-18-9-8-15(14-6-4-3-5-7-14)11-17(18)21-13-16(12-20)19-22-24-25-23-19/h3-9,11,13,21H,2,10H2,1H3,(H,22,23,24,25). The number of aromatic amines is 1. The molecule has 0 amide bonds. The van der Waals surface area contributed by atoms with Crippen LogP contribution in [0.1, 0.15) is 19.2 Å². The van der Waals surface area contributed by atoms with Gasteiger partial charge in [-0.05, 0) is 34.9 Å². The van der Waals surface area contributed by atoms with Gasteiger partial charge in [0.2, 0.25) is 5.82 Å². The molecule has 1 heterocycles. The van der Waals surface area contributed by atoms with Gasteiger partial charge in [0, 0.05) is 6.20 Å². The van der Waals surface area contributed by atoms with Crippen molar-refractivity contribution >= 4 is 11.3 Å². The molecule has 0 atom stereocenters. The highest BCUT2D eigenvalue weighted by molar-refractivity contribution is 5.77. The molecule has 0 fully saturated rings. The summed E-state index contributed by atoms with van der Waals surface area (Å²) in [5.74, 6) is 0.948. The molecule has 0 saturated heterocycles. The largest absolute Gasteiger partial charge is 0.491 e. The molecule has 7 heteroatoms. The van der Waals surface area contributed by atoms with E-state index < -0.39 is 0 Å². The van der Waals surface area contributed by atoms with Gasteiger partial charge in [-0.1, -0.05) is 43.3 Å². The third-order valence-corrected chi connectivity index (χ3v) is 3.63. The highest BCUT2D eigenvalue weighted by Gasteiger charge is 2.09. The molecular formula is C19H18N6O. The SMILES string of the molecule is CCCOc1ccc(-c2ccccc2)cc1NC=C(C#N)c1nn[nH]n1. The van der Waals surface area contributed by atoms with E-state index in [1.807, 2.05) is 48.5 Å². The number of nitrogens with zero attached hydrogens (tertiary/aromatic N) is 4. The van der Waals surface area contributed by atoms with Crippen LogP contribution in [0, 0.1) is 11.3 Å². The fourth-order valence-electron chi connectivity index (χ4n) is 2.36. The van der Waals surface area contributed by atoms with Gasteiger partial charge >= 0.3 is 0 Å². The zero-order chi connectivity index (χ0) is 18.2. The number of benzene rings is 2. The predicted molar refractivity (Wildman–Crippen MR) is 99.1 cm³/mol. The Bertz CT molecular complexity index is 913. The van der Waals surface area contributed by atoms with E-state index in [-0.39, 0.29) is 11.4 Å². The van der Waals surface area contributed by atoms with E-state index in [4.69, 9.17) is 4.74 Å². The van der Waals surface area contributed by atoms with E-state index >= 15 is 0 Å². The molecule has 0 aliphatic heterocycles. The van der Waals surface area contributed by atoms with Gasteiger partial charge in [0.15, 0.2) is 0 Å². The van der Waals surface area contributed by atoms with Crippen LogP contribution in [0.3, 0.4) is 0 Å². The minimum atomic E-state index is 0.232. The molecule has 130 valence electrons. The van der Waals surface area contributed by atoms with Crippen molar-refractivity contribution in [3.63, 3.8) is 0 Å². The smallest absolute Gasteiger partial charge is 0.216 e. The summed E-state index contributed by atoms with van der Waals surface area (Å²) in [4.78, 5) is 0. The Morgan fingerprint density at radius 3 is 2.77 bits per heavy atom. The number of ether oxygens (including phenoxy) is 1. The first-order chi connectivity index (χ1) is 12.8. The third-order valence-electron chi connectivity index (χ3n) is 3.63. The lowest BCUT2D eigenvalue weighted by molar-refractivity contribution is 0.319. The summed E-state index contributed by atoms with van der Waals surface area (Å²) in [5.41, 5.74) is 3.17. The van der Waals surface area contributed by atoms with Crippen molar-refractivity contribution in [1.82, 2.24) is 20.6 Å². The van der Waals surface area contributed by atoms with Crippen LogP contribution < -0.4 is 10.1 Å². The minimum Gasteiger partial charge on any atom is -0.491 e. The minimum absolute atomic E-state index is 0.232. The lowest BCUT2D eigenvalue weighted by atomic mass is 10.0. The number of nitriles is 1. The summed E-state index contributed by atoms with van der Waals surface area (Å²) in [6, 6.07) is 18.0. The Morgan fingerprint density at radius 2 is 2.08 bits per heavy atom. The van der Waals surface area contributed by atoms with Crippen molar-refractivity contribution < 1.29 is 4.74 Å². The maximum atomic E-state index is 9.31. The lowest BCUT2D eigenvalue weighted by Gasteiger charge is -2.13. The van der Waals surface area contributed by atoms with E-state index in [1.165, 1.54) is 0 Å². The number of anilines is 1. The maximum Gasteiger partial charge on any atom is 0.216 e. The van der Waals surface area contributed by atoms with Crippen LogP contribution in [0.25, 0.3) is 16.7 Å². The average molecular weight is 346 g/mol. The van der Waals surface area contributed by atoms with Crippen molar-refractivity contribution in [2.24, 2.45) is 0 Å². The average Bonchev–Trinajstić information content (AvgIpc) is 3.22. The zero-order valence-corrected chi connectivity index (χ0v) is 14.3. The highest BCUT2D eigenvalue weighted by Crippen LogP contribution is 2.31. The molecular weight excluding hydrogens is 328 g/mol. The molecule has 0 unspecified atom stereocenters. The topological polar surface area (TPSA) is 99.5 Å². The van der Waals surface area contributed by atoms with Gasteiger partial charge in [-0.3, -0.25) is 0 Å². The van der Waals surface area contributed by atoms with Crippen LogP contribution >= 0.6 is 0 Å². The molecule has 2 N–H and O–H groups in total. The van der Waals surface area contributed by atoms with E-state index in [0.29, 0.717) is 12.4 Å². The second-order valence-corrected chi connectivity index (χ2v) is 5.47. The van der Waals surface area contributed by atoms with Gasteiger partial charge in [-0.15, -0.1) is 10.2 Å². The Labute approximate surface area is 151 Å². The molecule has 0 spiro atoms. The first-order valence-electron chi connectivity index (χ1n) is 8.24. The second-order valence-electron chi connectivity index (χ2n) is 5.47. The molecule has 0 saturated carbocycles. The van der Waals surface area contributed by atoms with Crippen molar-refractivity contribution in [2.45, 2.75) is 13.3 Å². The number of hydrogen-bond acceptors (Lipinski definition) is 6. The number of rotatable bonds is 7. The molecule has 2 aromatic carbocycles. The van der Waals surface area contributed by atoms with Gasteiger partial charge in [-0.2, -0.15) is 10.5 Å². The van der Waals surface area contributed by atoms with Gasteiger partial charge in [0.1, 0.15) is 17.4 Å². The van der Waals surface area contributed by atoms with Gasteiger partial charge in [0.05, 0.1) is 12.3 Å². The summed E-state index contributed by atoms with van der Waals surface area (Å²) in [5, 5.41) is 25.9. The molecule has 3 rings (SSSR count). The third kappa shape index (κ3) is 4.05. The van der Waals surface area contributed by atoms with E-state index in [9.17, 15) is 5.26 Å². The number of allylic oxidation sites excluding steroid dienone is 1. The van der Waals surface area contributed by atoms with Crippen LogP contribution in [0.4, 0.5) is 5.69 Å². The van der Waals surface area contributed by atoms with Crippen molar-refractivity contribution in [2.75, 3.05) is 11.9 Å². The number of hydrogen-bond donors (Lipinski definition) is 2. The van der Waals surface area contributed by atoms with Crippen molar-refractivity contribution in [1.29, 1.82) is 5.26 Å². The van der Waals surface area contributed by atoms with Crippen LogP contribution in [-0.2, 0) is 0 Å². The molecule has 0 radical (unpaired) electrons. The first kappa shape index (κ1) is 17.2. The Balaban J connectivity index is 1.93. The Hall–Kier alpha value is -3.66.